The number of carbonyl (C=O) groups excluding carboxylic acids is 2. The minimum absolute atomic E-state index is 0.00563. The molecule has 0 spiro atoms. The van der Waals surface area contributed by atoms with Crippen LogP contribution in [-0.2, 0) is 9.59 Å². The van der Waals surface area contributed by atoms with Gasteiger partial charge in [-0.2, -0.15) is 5.10 Å². The Hall–Kier alpha value is -2.67. The van der Waals surface area contributed by atoms with E-state index in [0.717, 1.165) is 24.1 Å². The van der Waals surface area contributed by atoms with Gasteiger partial charge in [0.15, 0.2) is 6.29 Å². The molecule has 1 saturated heterocycles. The van der Waals surface area contributed by atoms with Gasteiger partial charge in [0.2, 0.25) is 11.8 Å². The lowest BCUT2D eigenvalue weighted by atomic mass is 9.96. The van der Waals surface area contributed by atoms with Gasteiger partial charge in [0.25, 0.3) is 0 Å². The van der Waals surface area contributed by atoms with E-state index in [1.807, 2.05) is 43.3 Å². The first-order valence-corrected chi connectivity index (χ1v) is 11.0. The van der Waals surface area contributed by atoms with Crippen LogP contribution in [-0.4, -0.2) is 27.6 Å². The summed E-state index contributed by atoms with van der Waals surface area (Å²) in [5.41, 5.74) is 1.97. The first-order chi connectivity index (χ1) is 14.5. The van der Waals surface area contributed by atoms with Crippen LogP contribution in [0, 0.1) is 5.92 Å². The molecular formula is C23H31N5O2. The van der Waals surface area contributed by atoms with E-state index in [1.54, 1.807) is 4.68 Å². The number of nitrogens with zero attached hydrogens (tertiary/aromatic N) is 2. The Morgan fingerprint density at radius 1 is 1.27 bits per heavy atom. The molecular weight excluding hydrogens is 378 g/mol. The summed E-state index contributed by atoms with van der Waals surface area (Å²) in [5, 5.41) is 14.3. The van der Waals surface area contributed by atoms with Crippen LogP contribution in [0.2, 0.25) is 0 Å². The van der Waals surface area contributed by atoms with Gasteiger partial charge in [0.05, 0.1) is 11.6 Å². The number of amides is 2. The van der Waals surface area contributed by atoms with Gasteiger partial charge in [-0.25, -0.2) is 4.68 Å². The van der Waals surface area contributed by atoms with Crippen LogP contribution in [0.4, 0.5) is 5.82 Å². The molecule has 3 atom stereocenters. The van der Waals surface area contributed by atoms with Crippen LogP contribution in [0.3, 0.4) is 0 Å². The van der Waals surface area contributed by atoms with Crippen LogP contribution in [0.25, 0.3) is 0 Å². The van der Waals surface area contributed by atoms with Crippen molar-refractivity contribution in [1.82, 2.24) is 20.4 Å². The van der Waals surface area contributed by atoms with E-state index in [9.17, 15) is 9.59 Å². The SMILES string of the molecule is CCC(C(=O)Nc1cc(C2CC2)nn1C1NC(=O)CC(C(C)C)N1)c1ccccc1. The molecule has 0 bridgehead atoms. The van der Waals surface area contributed by atoms with Gasteiger partial charge in [-0.05, 0) is 30.7 Å². The molecule has 1 aliphatic carbocycles. The molecule has 1 aromatic carbocycles. The van der Waals surface area contributed by atoms with E-state index in [4.69, 9.17) is 5.10 Å². The average Bonchev–Trinajstić information content (AvgIpc) is 3.49. The zero-order valence-corrected chi connectivity index (χ0v) is 17.9. The average molecular weight is 410 g/mol. The molecule has 1 saturated carbocycles. The highest BCUT2D eigenvalue weighted by Crippen LogP contribution is 2.40. The fourth-order valence-electron chi connectivity index (χ4n) is 4.03. The maximum Gasteiger partial charge on any atom is 0.233 e. The van der Waals surface area contributed by atoms with Crippen LogP contribution in [0.15, 0.2) is 36.4 Å². The number of hydrogen-bond acceptors (Lipinski definition) is 4. The molecule has 1 aliphatic heterocycles. The van der Waals surface area contributed by atoms with Crippen LogP contribution in [0.5, 0.6) is 0 Å². The standard InChI is InChI=1S/C23H31N5O2/c1-4-17(15-8-6-5-7-9-15)22(30)25-20-12-19(16-10-11-16)27-28(20)23-24-18(14(2)3)13-21(29)26-23/h5-9,12,14,16-18,23-24H,4,10-11,13H2,1-3H3,(H,25,30)(H,26,29). The highest BCUT2D eigenvalue weighted by Gasteiger charge is 2.33. The smallest absolute Gasteiger partial charge is 0.233 e. The van der Waals surface area contributed by atoms with Crippen molar-refractivity contribution < 1.29 is 9.59 Å². The number of nitrogens with one attached hydrogen (secondary N) is 3. The minimum Gasteiger partial charge on any atom is -0.322 e. The molecule has 2 fully saturated rings. The van der Waals surface area contributed by atoms with E-state index >= 15 is 0 Å². The van der Waals surface area contributed by atoms with E-state index in [0.29, 0.717) is 30.5 Å². The summed E-state index contributed by atoms with van der Waals surface area (Å²) < 4.78 is 1.73. The molecule has 1 aromatic heterocycles. The summed E-state index contributed by atoms with van der Waals surface area (Å²) in [6.07, 6.45) is 2.90. The summed E-state index contributed by atoms with van der Waals surface area (Å²) in [6, 6.07) is 11.8. The molecule has 160 valence electrons. The van der Waals surface area contributed by atoms with Gasteiger partial charge in [-0.1, -0.05) is 51.1 Å². The lowest BCUT2D eigenvalue weighted by molar-refractivity contribution is -0.126. The molecule has 30 heavy (non-hydrogen) atoms. The van der Waals surface area contributed by atoms with Gasteiger partial charge >= 0.3 is 0 Å². The summed E-state index contributed by atoms with van der Waals surface area (Å²) >= 11 is 0. The number of carbonyl (C=O) groups is 2. The second-order valence-corrected chi connectivity index (χ2v) is 8.73. The number of hydrogen-bond donors (Lipinski definition) is 3. The van der Waals surface area contributed by atoms with Crippen LogP contribution in [0.1, 0.15) is 75.8 Å². The lowest BCUT2D eigenvalue weighted by Crippen LogP contribution is -2.55. The molecule has 4 rings (SSSR count). The second kappa shape index (κ2) is 8.60. The number of aromatic nitrogens is 2. The molecule has 2 heterocycles. The zero-order chi connectivity index (χ0) is 21.3. The Morgan fingerprint density at radius 3 is 2.63 bits per heavy atom. The maximum atomic E-state index is 13.2. The van der Waals surface area contributed by atoms with Crippen molar-refractivity contribution in [2.24, 2.45) is 5.92 Å². The monoisotopic (exact) mass is 409 g/mol. The highest BCUT2D eigenvalue weighted by atomic mass is 16.2. The Balaban J connectivity index is 1.60. The number of benzene rings is 1. The molecule has 7 heteroatoms. The molecule has 7 nitrogen and oxygen atoms in total. The fraction of sp³-hybridized carbons (Fsp3) is 0.522. The van der Waals surface area contributed by atoms with Crippen molar-refractivity contribution in [3.8, 4) is 0 Å². The van der Waals surface area contributed by atoms with E-state index in [2.05, 4.69) is 29.8 Å². The Bertz CT molecular complexity index is 904. The van der Waals surface area contributed by atoms with E-state index in [-0.39, 0.29) is 23.8 Å². The quantitative estimate of drug-likeness (QED) is 0.653. The Morgan fingerprint density at radius 2 is 2.00 bits per heavy atom. The van der Waals surface area contributed by atoms with Crippen molar-refractivity contribution in [2.75, 3.05) is 5.32 Å². The van der Waals surface area contributed by atoms with Crippen molar-refractivity contribution >= 4 is 17.6 Å². The normalized spacial score (nSPS) is 22.6. The Labute approximate surface area is 177 Å². The first-order valence-electron chi connectivity index (χ1n) is 11.0. The predicted octanol–water partition coefficient (Wildman–Crippen LogP) is 3.48. The highest BCUT2D eigenvalue weighted by molar-refractivity contribution is 5.95. The third-order valence-electron chi connectivity index (χ3n) is 6.05. The molecule has 0 radical (unpaired) electrons. The summed E-state index contributed by atoms with van der Waals surface area (Å²) in [7, 11) is 0. The molecule has 3 unspecified atom stereocenters. The summed E-state index contributed by atoms with van der Waals surface area (Å²) in [4.78, 5) is 25.5. The Kier molecular flexibility index (Phi) is 5.90. The fourth-order valence-corrected chi connectivity index (χ4v) is 4.03. The van der Waals surface area contributed by atoms with Gasteiger partial charge in [0.1, 0.15) is 5.82 Å². The maximum absolute atomic E-state index is 13.2. The van der Waals surface area contributed by atoms with Gasteiger partial charge in [-0.15, -0.1) is 0 Å². The largest absolute Gasteiger partial charge is 0.322 e. The van der Waals surface area contributed by atoms with E-state index in [1.165, 1.54) is 0 Å². The zero-order valence-electron chi connectivity index (χ0n) is 17.9. The predicted molar refractivity (Wildman–Crippen MR) is 116 cm³/mol. The lowest BCUT2D eigenvalue weighted by Gasteiger charge is -2.34. The molecule has 3 N–H and O–H groups in total. The number of rotatable bonds is 7. The van der Waals surface area contributed by atoms with Crippen molar-refractivity contribution in [1.29, 1.82) is 0 Å². The van der Waals surface area contributed by atoms with Gasteiger partial charge < -0.3 is 10.6 Å². The van der Waals surface area contributed by atoms with Crippen molar-refractivity contribution in [2.45, 2.75) is 70.6 Å². The first kappa shape index (κ1) is 20.6. The van der Waals surface area contributed by atoms with Crippen molar-refractivity contribution in [3.63, 3.8) is 0 Å². The molecule has 2 aromatic rings. The van der Waals surface area contributed by atoms with Crippen molar-refractivity contribution in [3.05, 3.63) is 47.7 Å². The van der Waals surface area contributed by atoms with Crippen LogP contribution < -0.4 is 16.0 Å². The minimum atomic E-state index is -0.474. The summed E-state index contributed by atoms with van der Waals surface area (Å²) in [6.45, 7) is 6.21. The van der Waals surface area contributed by atoms with E-state index < -0.39 is 6.29 Å². The van der Waals surface area contributed by atoms with Gasteiger partial charge in [0, 0.05) is 24.4 Å². The summed E-state index contributed by atoms with van der Waals surface area (Å²) in [5.74, 6) is 1.08. The molecule has 2 amide bonds. The van der Waals surface area contributed by atoms with Gasteiger partial charge in [-0.3, -0.25) is 14.9 Å². The second-order valence-electron chi connectivity index (χ2n) is 8.73. The third-order valence-corrected chi connectivity index (χ3v) is 6.05. The topological polar surface area (TPSA) is 88.1 Å². The number of anilines is 1. The van der Waals surface area contributed by atoms with Crippen LogP contribution >= 0.6 is 0 Å². The molecule has 2 aliphatic rings. The third kappa shape index (κ3) is 4.41.